The number of aromatic nitrogens is 2. The average Bonchev–Trinajstić information content (AvgIpc) is 2.53. The van der Waals surface area contributed by atoms with Gasteiger partial charge in [0.1, 0.15) is 4.90 Å². The molecule has 1 aromatic heterocycles. The summed E-state index contributed by atoms with van der Waals surface area (Å²) in [6.07, 6.45) is 0.891. The van der Waals surface area contributed by atoms with Gasteiger partial charge in [-0.05, 0) is 25.7 Å². The van der Waals surface area contributed by atoms with Crippen molar-refractivity contribution in [2.45, 2.75) is 45.1 Å². The highest BCUT2D eigenvalue weighted by Gasteiger charge is 2.48. The lowest BCUT2D eigenvalue weighted by Crippen LogP contribution is -2.29. The Bertz CT molecular complexity index is 497. The van der Waals surface area contributed by atoms with Crippen LogP contribution >= 0.6 is 0 Å². The Balaban J connectivity index is 2.27. The fraction of sp³-hybridized carbons (Fsp3) is 0.700. The second-order valence-corrected chi connectivity index (χ2v) is 6.78. The maximum Gasteiger partial charge on any atom is 0.244 e. The lowest BCUT2D eigenvalue weighted by molar-refractivity contribution is 0.554. The van der Waals surface area contributed by atoms with Crippen molar-refractivity contribution in [3.63, 3.8) is 0 Å². The Morgan fingerprint density at radius 1 is 1.44 bits per heavy atom. The standard InChI is InChI=1S/C10H17N3O2S/c1-6-9(7(2)12-11-6)16(14,15)13-8-5-10(8,3)4/h8,13H,5H2,1-4H3,(H,11,12). The van der Waals surface area contributed by atoms with Crippen molar-refractivity contribution in [1.29, 1.82) is 0 Å². The van der Waals surface area contributed by atoms with E-state index in [4.69, 9.17) is 0 Å². The molecule has 1 saturated carbocycles. The summed E-state index contributed by atoms with van der Waals surface area (Å²) in [5, 5.41) is 6.59. The normalized spacial score (nSPS) is 23.4. The van der Waals surface area contributed by atoms with E-state index >= 15 is 0 Å². The summed E-state index contributed by atoms with van der Waals surface area (Å²) >= 11 is 0. The lowest BCUT2D eigenvalue weighted by atomic mass is 10.2. The van der Waals surface area contributed by atoms with E-state index in [0.29, 0.717) is 11.4 Å². The molecule has 1 heterocycles. The van der Waals surface area contributed by atoms with Crippen molar-refractivity contribution in [2.75, 3.05) is 0 Å². The second-order valence-electron chi connectivity index (χ2n) is 5.13. The predicted octanol–water partition coefficient (Wildman–Crippen LogP) is 1.10. The number of hydrogen-bond donors (Lipinski definition) is 2. The lowest BCUT2D eigenvalue weighted by Gasteiger charge is -2.08. The van der Waals surface area contributed by atoms with Crippen LogP contribution in [0.1, 0.15) is 31.7 Å². The molecule has 0 bridgehead atoms. The average molecular weight is 243 g/mol. The van der Waals surface area contributed by atoms with Crippen molar-refractivity contribution in [3.05, 3.63) is 11.4 Å². The fourth-order valence-electron chi connectivity index (χ4n) is 1.85. The molecule has 0 amide bonds. The molecule has 1 aliphatic rings. The number of aromatic amines is 1. The first-order valence-electron chi connectivity index (χ1n) is 5.28. The summed E-state index contributed by atoms with van der Waals surface area (Å²) in [6.45, 7) is 7.51. The minimum Gasteiger partial charge on any atom is -0.281 e. The Hall–Kier alpha value is -0.880. The van der Waals surface area contributed by atoms with Crippen LogP contribution in [0, 0.1) is 19.3 Å². The SMILES string of the molecule is Cc1n[nH]c(C)c1S(=O)(=O)NC1CC1(C)C. The van der Waals surface area contributed by atoms with Crippen LogP contribution in [-0.4, -0.2) is 24.7 Å². The molecule has 0 aliphatic heterocycles. The Labute approximate surface area is 95.7 Å². The number of nitrogens with zero attached hydrogens (tertiary/aromatic N) is 1. The third-order valence-corrected chi connectivity index (χ3v) is 4.87. The molecule has 1 aromatic rings. The third kappa shape index (κ3) is 1.87. The van der Waals surface area contributed by atoms with Crippen molar-refractivity contribution in [3.8, 4) is 0 Å². The molecule has 2 N–H and O–H groups in total. The maximum atomic E-state index is 12.1. The second kappa shape index (κ2) is 3.30. The van der Waals surface area contributed by atoms with Crippen LogP contribution < -0.4 is 4.72 Å². The topological polar surface area (TPSA) is 74.8 Å². The molecule has 1 fully saturated rings. The van der Waals surface area contributed by atoms with Gasteiger partial charge in [0.05, 0.1) is 11.4 Å². The number of H-pyrrole nitrogens is 1. The smallest absolute Gasteiger partial charge is 0.244 e. The molecule has 0 aromatic carbocycles. The highest BCUT2D eigenvalue weighted by molar-refractivity contribution is 7.89. The quantitative estimate of drug-likeness (QED) is 0.835. The molecular weight excluding hydrogens is 226 g/mol. The molecule has 0 spiro atoms. The molecule has 2 rings (SSSR count). The van der Waals surface area contributed by atoms with Crippen molar-refractivity contribution < 1.29 is 8.42 Å². The molecule has 16 heavy (non-hydrogen) atoms. The highest BCUT2D eigenvalue weighted by atomic mass is 32.2. The molecule has 0 saturated heterocycles. The Morgan fingerprint density at radius 3 is 2.38 bits per heavy atom. The van der Waals surface area contributed by atoms with E-state index in [2.05, 4.69) is 28.8 Å². The van der Waals surface area contributed by atoms with Crippen LogP contribution in [0.4, 0.5) is 0 Å². The number of nitrogens with one attached hydrogen (secondary N) is 2. The number of aryl methyl sites for hydroxylation is 2. The van der Waals surface area contributed by atoms with Crippen molar-refractivity contribution in [2.24, 2.45) is 5.41 Å². The van der Waals surface area contributed by atoms with Crippen LogP contribution in [0.2, 0.25) is 0 Å². The zero-order chi connectivity index (χ0) is 12.1. The maximum absolute atomic E-state index is 12.1. The van der Waals surface area contributed by atoms with E-state index in [-0.39, 0.29) is 16.4 Å². The van der Waals surface area contributed by atoms with E-state index in [1.54, 1.807) is 13.8 Å². The summed E-state index contributed by atoms with van der Waals surface area (Å²) < 4.78 is 26.9. The van der Waals surface area contributed by atoms with Gasteiger partial charge in [0.15, 0.2) is 0 Å². The first-order valence-corrected chi connectivity index (χ1v) is 6.76. The van der Waals surface area contributed by atoms with Gasteiger partial charge >= 0.3 is 0 Å². The first kappa shape index (κ1) is 11.6. The van der Waals surface area contributed by atoms with Gasteiger partial charge in [-0.1, -0.05) is 13.8 Å². The zero-order valence-corrected chi connectivity index (χ0v) is 10.8. The summed E-state index contributed by atoms with van der Waals surface area (Å²) in [4.78, 5) is 0.287. The van der Waals surface area contributed by atoms with Crippen LogP contribution in [0.5, 0.6) is 0 Å². The van der Waals surface area contributed by atoms with E-state index in [1.807, 2.05) is 0 Å². The van der Waals surface area contributed by atoms with E-state index < -0.39 is 10.0 Å². The molecule has 0 radical (unpaired) electrons. The Kier molecular flexibility index (Phi) is 2.40. The first-order chi connectivity index (χ1) is 7.24. The Morgan fingerprint density at radius 2 is 2.00 bits per heavy atom. The zero-order valence-electron chi connectivity index (χ0n) is 9.96. The van der Waals surface area contributed by atoms with Gasteiger partial charge < -0.3 is 0 Å². The summed E-state index contributed by atoms with van der Waals surface area (Å²) in [7, 11) is -3.43. The predicted molar refractivity (Wildman–Crippen MR) is 60.6 cm³/mol. The molecule has 5 nitrogen and oxygen atoms in total. The van der Waals surface area contributed by atoms with Gasteiger partial charge in [0.25, 0.3) is 0 Å². The van der Waals surface area contributed by atoms with Crippen molar-refractivity contribution >= 4 is 10.0 Å². The van der Waals surface area contributed by atoms with Gasteiger partial charge in [-0.2, -0.15) is 5.10 Å². The molecule has 1 atom stereocenters. The molecular formula is C10H17N3O2S. The monoisotopic (exact) mass is 243 g/mol. The van der Waals surface area contributed by atoms with E-state index in [1.165, 1.54) is 0 Å². The molecule has 90 valence electrons. The number of sulfonamides is 1. The molecule has 1 unspecified atom stereocenters. The van der Waals surface area contributed by atoms with Crippen LogP contribution in [0.25, 0.3) is 0 Å². The van der Waals surface area contributed by atoms with Gasteiger partial charge in [-0.25, -0.2) is 13.1 Å². The highest BCUT2D eigenvalue weighted by Crippen LogP contribution is 2.45. The molecule has 6 heteroatoms. The van der Waals surface area contributed by atoms with Crippen LogP contribution in [-0.2, 0) is 10.0 Å². The number of hydrogen-bond acceptors (Lipinski definition) is 3. The fourth-order valence-corrected chi connectivity index (χ4v) is 3.63. The molecule has 1 aliphatic carbocycles. The third-order valence-electron chi connectivity index (χ3n) is 3.14. The van der Waals surface area contributed by atoms with E-state index in [9.17, 15) is 8.42 Å². The van der Waals surface area contributed by atoms with Gasteiger partial charge in [-0.3, -0.25) is 5.10 Å². The van der Waals surface area contributed by atoms with Crippen LogP contribution in [0.15, 0.2) is 4.90 Å². The summed E-state index contributed by atoms with van der Waals surface area (Å²) in [6, 6.07) is 0.0474. The minimum absolute atomic E-state index is 0.0474. The minimum atomic E-state index is -3.43. The number of rotatable bonds is 3. The van der Waals surface area contributed by atoms with Gasteiger partial charge in [0, 0.05) is 6.04 Å². The van der Waals surface area contributed by atoms with Crippen LogP contribution in [0.3, 0.4) is 0 Å². The van der Waals surface area contributed by atoms with Gasteiger partial charge in [-0.15, -0.1) is 0 Å². The summed E-state index contributed by atoms with van der Waals surface area (Å²) in [5.74, 6) is 0. The van der Waals surface area contributed by atoms with Crippen molar-refractivity contribution in [1.82, 2.24) is 14.9 Å². The summed E-state index contributed by atoms with van der Waals surface area (Å²) in [5.41, 5.74) is 1.19. The largest absolute Gasteiger partial charge is 0.281 e. The van der Waals surface area contributed by atoms with Gasteiger partial charge in [0.2, 0.25) is 10.0 Å². The van der Waals surface area contributed by atoms with E-state index in [0.717, 1.165) is 6.42 Å².